The van der Waals surface area contributed by atoms with Gasteiger partial charge in [0.05, 0.1) is 15.1 Å². The maximum absolute atomic E-state index is 12.8. The Labute approximate surface area is 190 Å². The van der Waals surface area contributed by atoms with Gasteiger partial charge in [0.2, 0.25) is 0 Å². The van der Waals surface area contributed by atoms with Crippen molar-refractivity contribution in [2.45, 2.75) is 44.8 Å². The van der Waals surface area contributed by atoms with E-state index < -0.39 is 12.1 Å². The molecule has 160 valence electrons. The van der Waals surface area contributed by atoms with Gasteiger partial charge < -0.3 is 9.47 Å². The average molecular weight is 471 g/mol. The smallest absolute Gasteiger partial charge is 0.410 e. The van der Waals surface area contributed by atoms with Crippen molar-refractivity contribution in [3.63, 3.8) is 0 Å². The van der Waals surface area contributed by atoms with Gasteiger partial charge in [0.15, 0.2) is 5.75 Å². The number of carbonyl (C=O) groups is 2. The van der Waals surface area contributed by atoms with E-state index in [-0.39, 0.29) is 40.0 Å². The van der Waals surface area contributed by atoms with Crippen LogP contribution >= 0.6 is 34.8 Å². The summed E-state index contributed by atoms with van der Waals surface area (Å²) in [6, 6.07) is 12.1. The van der Waals surface area contributed by atoms with E-state index in [9.17, 15) is 9.59 Å². The van der Waals surface area contributed by atoms with Gasteiger partial charge in [-0.2, -0.15) is 0 Å². The third-order valence-corrected chi connectivity index (χ3v) is 5.97. The molecule has 0 atom stereocenters. The first-order valence-electron chi connectivity index (χ1n) is 9.76. The third-order valence-electron chi connectivity index (χ3n) is 4.95. The Kier molecular flexibility index (Phi) is 8.25. The second-order valence-corrected chi connectivity index (χ2v) is 8.35. The normalized spacial score (nSPS) is 14.2. The zero-order chi connectivity index (χ0) is 21.5. The van der Waals surface area contributed by atoms with Crippen LogP contribution in [0.1, 0.15) is 37.7 Å². The van der Waals surface area contributed by atoms with Crippen molar-refractivity contribution >= 4 is 46.9 Å². The van der Waals surface area contributed by atoms with Crippen molar-refractivity contribution in [2.75, 3.05) is 6.54 Å². The molecule has 5 nitrogen and oxygen atoms in total. The summed E-state index contributed by atoms with van der Waals surface area (Å²) in [6.07, 6.45) is 4.22. The summed E-state index contributed by atoms with van der Waals surface area (Å²) >= 11 is 18.0. The predicted molar refractivity (Wildman–Crippen MR) is 117 cm³/mol. The molecule has 1 aliphatic rings. The van der Waals surface area contributed by atoms with Gasteiger partial charge in [0.25, 0.3) is 0 Å². The molecule has 0 aliphatic heterocycles. The summed E-state index contributed by atoms with van der Waals surface area (Å²) in [6.45, 7) is -0.106. The lowest BCUT2D eigenvalue weighted by Crippen LogP contribution is -2.45. The number of nitrogens with zero attached hydrogens (tertiary/aromatic N) is 1. The monoisotopic (exact) mass is 469 g/mol. The Balaban J connectivity index is 1.68. The summed E-state index contributed by atoms with van der Waals surface area (Å²) in [4.78, 5) is 26.8. The van der Waals surface area contributed by atoms with Crippen molar-refractivity contribution in [1.82, 2.24) is 4.90 Å². The molecule has 0 heterocycles. The van der Waals surface area contributed by atoms with Crippen LogP contribution in [-0.4, -0.2) is 29.5 Å². The Morgan fingerprint density at radius 2 is 1.60 bits per heavy atom. The van der Waals surface area contributed by atoms with Crippen LogP contribution in [0, 0.1) is 0 Å². The van der Waals surface area contributed by atoms with E-state index in [0.717, 1.165) is 37.7 Å². The summed E-state index contributed by atoms with van der Waals surface area (Å²) in [7, 11) is 0. The molecule has 1 aliphatic carbocycles. The van der Waals surface area contributed by atoms with Gasteiger partial charge >= 0.3 is 12.1 Å². The van der Waals surface area contributed by atoms with Gasteiger partial charge in [-0.15, -0.1) is 0 Å². The van der Waals surface area contributed by atoms with E-state index in [0.29, 0.717) is 0 Å². The molecular formula is C22H22Cl3NO4. The van der Waals surface area contributed by atoms with E-state index in [4.69, 9.17) is 44.3 Å². The van der Waals surface area contributed by atoms with Crippen LogP contribution in [0.3, 0.4) is 0 Å². The molecule has 30 heavy (non-hydrogen) atoms. The molecule has 0 spiro atoms. The van der Waals surface area contributed by atoms with Crippen molar-refractivity contribution in [2.24, 2.45) is 0 Å². The molecule has 0 aromatic heterocycles. The first kappa shape index (κ1) is 22.7. The second kappa shape index (κ2) is 10.9. The third kappa shape index (κ3) is 6.27. The number of halogens is 3. The highest BCUT2D eigenvalue weighted by atomic mass is 35.5. The van der Waals surface area contributed by atoms with E-state index in [2.05, 4.69) is 0 Å². The molecule has 2 aromatic rings. The Hall–Kier alpha value is -1.95. The van der Waals surface area contributed by atoms with Crippen molar-refractivity contribution in [3.8, 4) is 5.75 Å². The van der Waals surface area contributed by atoms with E-state index in [1.807, 2.05) is 30.3 Å². The number of ether oxygens (including phenoxy) is 2. The topological polar surface area (TPSA) is 55.8 Å². The number of hydrogen-bond acceptors (Lipinski definition) is 4. The number of esters is 1. The standard InChI is InChI=1S/C22H22Cl3NO4/c23-17-11-19(25)20(12-18(17)24)30-21(27)13-26(16-9-5-2-6-10-16)22(28)29-14-15-7-3-1-4-8-15/h1,3-4,7-8,11-12,16H,2,5-6,9-10,13-14H2. The van der Waals surface area contributed by atoms with Crippen molar-refractivity contribution in [3.05, 3.63) is 63.1 Å². The predicted octanol–water partition coefficient (Wildman–Crippen LogP) is 6.52. The minimum atomic E-state index is -0.627. The molecule has 1 saturated carbocycles. The van der Waals surface area contributed by atoms with Crippen LogP contribution < -0.4 is 4.74 Å². The average Bonchev–Trinajstić information content (AvgIpc) is 2.75. The van der Waals surface area contributed by atoms with E-state index >= 15 is 0 Å². The largest absolute Gasteiger partial charge is 0.445 e. The van der Waals surface area contributed by atoms with Gasteiger partial charge in [0, 0.05) is 12.1 Å². The van der Waals surface area contributed by atoms with Gasteiger partial charge in [-0.1, -0.05) is 84.4 Å². The minimum Gasteiger partial charge on any atom is -0.445 e. The second-order valence-electron chi connectivity index (χ2n) is 7.13. The Bertz CT molecular complexity index is 885. The van der Waals surface area contributed by atoms with Crippen LogP contribution in [0.25, 0.3) is 0 Å². The van der Waals surface area contributed by atoms with Gasteiger partial charge in [0.1, 0.15) is 13.2 Å². The lowest BCUT2D eigenvalue weighted by molar-refractivity contribution is -0.136. The molecule has 0 bridgehead atoms. The number of rotatable bonds is 6. The van der Waals surface area contributed by atoms with Crippen LogP contribution in [0.15, 0.2) is 42.5 Å². The molecule has 1 fully saturated rings. The number of hydrogen-bond donors (Lipinski definition) is 0. The van der Waals surface area contributed by atoms with Crippen molar-refractivity contribution in [1.29, 1.82) is 0 Å². The molecule has 1 amide bonds. The maximum atomic E-state index is 12.8. The Morgan fingerprint density at radius 1 is 0.933 bits per heavy atom. The van der Waals surface area contributed by atoms with Crippen LogP contribution in [0.5, 0.6) is 5.75 Å². The summed E-state index contributed by atoms with van der Waals surface area (Å²) < 4.78 is 10.8. The van der Waals surface area contributed by atoms with Gasteiger partial charge in [-0.05, 0) is 24.5 Å². The Morgan fingerprint density at radius 3 is 2.30 bits per heavy atom. The molecule has 0 saturated heterocycles. The number of amides is 1. The zero-order valence-corrected chi connectivity index (χ0v) is 18.6. The highest BCUT2D eigenvalue weighted by Gasteiger charge is 2.29. The number of carbonyl (C=O) groups excluding carboxylic acids is 2. The maximum Gasteiger partial charge on any atom is 0.410 e. The quantitative estimate of drug-likeness (QED) is 0.274. The van der Waals surface area contributed by atoms with E-state index in [1.165, 1.54) is 17.0 Å². The molecular weight excluding hydrogens is 449 g/mol. The fraction of sp³-hybridized carbons (Fsp3) is 0.364. The van der Waals surface area contributed by atoms with Gasteiger partial charge in [-0.3, -0.25) is 4.90 Å². The number of benzene rings is 2. The molecule has 2 aromatic carbocycles. The van der Waals surface area contributed by atoms with Crippen molar-refractivity contribution < 1.29 is 19.1 Å². The summed E-state index contributed by atoms with van der Waals surface area (Å²) in [5.74, 6) is -0.533. The SMILES string of the molecule is O=C(CN(C(=O)OCc1ccccc1)C1CCCCC1)Oc1cc(Cl)c(Cl)cc1Cl. The lowest BCUT2D eigenvalue weighted by Gasteiger charge is -2.32. The minimum absolute atomic E-state index is 0.0705. The molecule has 0 radical (unpaired) electrons. The first-order valence-corrected chi connectivity index (χ1v) is 10.9. The first-order chi connectivity index (χ1) is 14.4. The molecule has 0 unspecified atom stereocenters. The summed E-state index contributed by atoms with van der Waals surface area (Å²) in [5, 5.41) is 0.638. The zero-order valence-electron chi connectivity index (χ0n) is 16.3. The molecule has 3 rings (SSSR count). The highest BCUT2D eigenvalue weighted by molar-refractivity contribution is 6.43. The van der Waals surface area contributed by atoms with Gasteiger partial charge in [-0.25, -0.2) is 9.59 Å². The summed E-state index contributed by atoms with van der Waals surface area (Å²) in [5.41, 5.74) is 0.875. The fourth-order valence-corrected chi connectivity index (χ4v) is 3.99. The highest BCUT2D eigenvalue weighted by Crippen LogP contribution is 2.34. The fourth-order valence-electron chi connectivity index (χ4n) is 3.41. The van der Waals surface area contributed by atoms with Crippen LogP contribution in [0.4, 0.5) is 4.79 Å². The van der Waals surface area contributed by atoms with Crippen LogP contribution in [0.2, 0.25) is 15.1 Å². The lowest BCUT2D eigenvalue weighted by atomic mass is 9.94. The van der Waals surface area contributed by atoms with E-state index in [1.54, 1.807) is 0 Å². The molecule has 0 N–H and O–H groups in total. The van der Waals surface area contributed by atoms with Crippen LogP contribution in [-0.2, 0) is 16.1 Å². The molecule has 8 heteroatoms.